The molecule has 4 heterocycles. The molecular formula is C16H16N4O4S. The molecule has 1 aliphatic rings. The molecule has 1 N–H and O–H groups in total. The van der Waals surface area contributed by atoms with Crippen LogP contribution in [0.1, 0.15) is 21.8 Å². The van der Waals surface area contributed by atoms with Gasteiger partial charge in [-0.3, -0.25) is 14.0 Å². The molecular weight excluding hydrogens is 344 g/mol. The van der Waals surface area contributed by atoms with Crippen molar-refractivity contribution in [2.24, 2.45) is 5.92 Å². The van der Waals surface area contributed by atoms with Gasteiger partial charge in [0, 0.05) is 36.2 Å². The topological polar surface area (TPSA) is 98.7 Å². The highest BCUT2D eigenvalue weighted by Gasteiger charge is 2.31. The first-order chi connectivity index (χ1) is 12.1. The lowest BCUT2D eigenvalue weighted by Crippen LogP contribution is -2.42. The average Bonchev–Trinajstić information content (AvgIpc) is 3.30. The monoisotopic (exact) mass is 360 g/mol. The summed E-state index contributed by atoms with van der Waals surface area (Å²) in [6.45, 7) is 2.78. The van der Waals surface area contributed by atoms with Gasteiger partial charge in [0.15, 0.2) is 4.96 Å². The van der Waals surface area contributed by atoms with E-state index in [-0.39, 0.29) is 23.1 Å². The van der Waals surface area contributed by atoms with E-state index in [4.69, 9.17) is 9.26 Å². The van der Waals surface area contributed by atoms with Gasteiger partial charge < -0.3 is 14.6 Å². The van der Waals surface area contributed by atoms with Crippen LogP contribution in [-0.4, -0.2) is 39.7 Å². The second kappa shape index (κ2) is 6.41. The third-order valence-electron chi connectivity index (χ3n) is 4.24. The van der Waals surface area contributed by atoms with Crippen molar-refractivity contribution in [1.82, 2.24) is 19.9 Å². The second-order valence-electron chi connectivity index (χ2n) is 6.05. The van der Waals surface area contributed by atoms with Crippen LogP contribution >= 0.6 is 11.3 Å². The molecule has 0 spiro atoms. The van der Waals surface area contributed by atoms with E-state index in [0.717, 1.165) is 11.5 Å². The molecule has 0 aromatic carbocycles. The number of thiazole rings is 1. The van der Waals surface area contributed by atoms with Crippen LogP contribution < -0.4 is 10.9 Å². The molecule has 9 heteroatoms. The first-order valence-electron chi connectivity index (χ1n) is 7.87. The number of fused-ring (bicyclic) bond motifs is 1. The summed E-state index contributed by atoms with van der Waals surface area (Å²) in [6, 6.07) is 1.68. The van der Waals surface area contributed by atoms with Crippen LogP contribution in [0.3, 0.4) is 0 Å². The molecule has 8 nitrogen and oxygen atoms in total. The van der Waals surface area contributed by atoms with Crippen LogP contribution in [0.2, 0.25) is 0 Å². The van der Waals surface area contributed by atoms with Crippen LogP contribution in [0, 0.1) is 12.8 Å². The van der Waals surface area contributed by atoms with Crippen molar-refractivity contribution in [1.29, 1.82) is 0 Å². The number of hydrogen-bond acceptors (Lipinski definition) is 7. The van der Waals surface area contributed by atoms with E-state index in [2.05, 4.69) is 15.5 Å². The maximum atomic E-state index is 12.5. The molecule has 0 aliphatic carbocycles. The van der Waals surface area contributed by atoms with Crippen molar-refractivity contribution in [3.8, 4) is 0 Å². The number of carbonyl (C=O) groups is 1. The van der Waals surface area contributed by atoms with Crippen molar-refractivity contribution >= 4 is 22.2 Å². The lowest BCUT2D eigenvalue weighted by Gasteiger charge is -2.17. The number of amides is 1. The van der Waals surface area contributed by atoms with E-state index in [1.807, 2.05) is 13.0 Å². The Labute approximate surface area is 146 Å². The predicted octanol–water partition coefficient (Wildman–Crippen LogP) is 1.04. The zero-order valence-electron chi connectivity index (χ0n) is 13.5. The summed E-state index contributed by atoms with van der Waals surface area (Å²) in [6.07, 6.45) is 3.56. The molecule has 3 aromatic rings. The Hall–Kier alpha value is -2.52. The second-order valence-corrected chi connectivity index (χ2v) is 6.92. The standard InChI is InChI=1S/C16H16N4O4S/c1-9-4-11(24-19-9)5-10-7-23-8-13(10)18-14(21)12-6-17-16-20(15(12)22)2-3-25-16/h2-4,6,10,13H,5,7-8H2,1H3,(H,18,21). The number of nitrogens with one attached hydrogen (secondary N) is 1. The summed E-state index contributed by atoms with van der Waals surface area (Å²) in [5.41, 5.74) is 0.472. The minimum atomic E-state index is -0.438. The molecule has 2 unspecified atom stereocenters. The molecule has 1 amide bonds. The summed E-state index contributed by atoms with van der Waals surface area (Å²) in [5, 5.41) is 8.52. The molecule has 1 aliphatic heterocycles. The smallest absolute Gasteiger partial charge is 0.271 e. The van der Waals surface area contributed by atoms with Gasteiger partial charge in [0.1, 0.15) is 11.3 Å². The van der Waals surface area contributed by atoms with Crippen LogP contribution in [0.4, 0.5) is 0 Å². The minimum Gasteiger partial charge on any atom is -0.379 e. The molecule has 4 rings (SSSR count). The normalized spacial score (nSPS) is 20.2. The summed E-state index contributed by atoms with van der Waals surface area (Å²) < 4.78 is 12.1. The molecule has 0 saturated carbocycles. The quantitative estimate of drug-likeness (QED) is 0.746. The highest BCUT2D eigenvalue weighted by atomic mass is 32.1. The van der Waals surface area contributed by atoms with Crippen molar-refractivity contribution in [2.75, 3.05) is 13.2 Å². The highest BCUT2D eigenvalue weighted by molar-refractivity contribution is 7.15. The molecule has 130 valence electrons. The summed E-state index contributed by atoms with van der Waals surface area (Å²) in [4.78, 5) is 29.6. The zero-order chi connectivity index (χ0) is 17.4. The number of carbonyl (C=O) groups excluding carboxylic acids is 1. The SMILES string of the molecule is Cc1cc(CC2COCC2NC(=O)c2cnc3sccn3c2=O)on1. The van der Waals surface area contributed by atoms with Gasteiger partial charge in [-0.05, 0) is 6.92 Å². The Kier molecular flexibility index (Phi) is 4.10. The van der Waals surface area contributed by atoms with E-state index in [9.17, 15) is 9.59 Å². The maximum Gasteiger partial charge on any atom is 0.271 e. The molecule has 0 radical (unpaired) electrons. The highest BCUT2D eigenvalue weighted by Crippen LogP contribution is 2.20. The number of aromatic nitrogens is 3. The lowest BCUT2D eigenvalue weighted by atomic mass is 9.98. The number of aryl methyl sites for hydroxylation is 1. The van der Waals surface area contributed by atoms with E-state index in [0.29, 0.717) is 24.6 Å². The van der Waals surface area contributed by atoms with Gasteiger partial charge in [-0.25, -0.2) is 4.98 Å². The van der Waals surface area contributed by atoms with Crippen molar-refractivity contribution in [3.05, 3.63) is 51.2 Å². The summed E-state index contributed by atoms with van der Waals surface area (Å²) in [7, 11) is 0. The van der Waals surface area contributed by atoms with E-state index in [1.165, 1.54) is 21.9 Å². The van der Waals surface area contributed by atoms with Gasteiger partial charge in [-0.1, -0.05) is 5.16 Å². The van der Waals surface area contributed by atoms with E-state index >= 15 is 0 Å². The fourth-order valence-electron chi connectivity index (χ4n) is 2.96. The Balaban J connectivity index is 1.50. The number of hydrogen-bond donors (Lipinski definition) is 1. The van der Waals surface area contributed by atoms with Crippen LogP contribution in [0.15, 0.2) is 33.2 Å². The van der Waals surface area contributed by atoms with E-state index in [1.54, 1.807) is 11.6 Å². The van der Waals surface area contributed by atoms with Crippen molar-refractivity contribution in [2.45, 2.75) is 19.4 Å². The lowest BCUT2D eigenvalue weighted by molar-refractivity contribution is 0.0922. The largest absolute Gasteiger partial charge is 0.379 e. The van der Waals surface area contributed by atoms with Gasteiger partial charge in [0.25, 0.3) is 11.5 Å². The Morgan fingerprint density at radius 2 is 2.36 bits per heavy atom. The maximum absolute atomic E-state index is 12.5. The fraction of sp³-hybridized carbons (Fsp3) is 0.375. The molecule has 1 saturated heterocycles. The van der Waals surface area contributed by atoms with Crippen molar-refractivity contribution in [3.63, 3.8) is 0 Å². The van der Waals surface area contributed by atoms with Crippen LogP contribution in [0.25, 0.3) is 4.96 Å². The predicted molar refractivity (Wildman–Crippen MR) is 89.8 cm³/mol. The molecule has 1 fully saturated rings. The number of ether oxygens (including phenoxy) is 1. The van der Waals surface area contributed by atoms with Gasteiger partial charge in [-0.2, -0.15) is 0 Å². The zero-order valence-corrected chi connectivity index (χ0v) is 14.3. The van der Waals surface area contributed by atoms with Crippen LogP contribution in [0.5, 0.6) is 0 Å². The first-order valence-corrected chi connectivity index (χ1v) is 8.75. The third kappa shape index (κ3) is 3.08. The third-order valence-corrected chi connectivity index (χ3v) is 5.01. The molecule has 2 atom stereocenters. The Morgan fingerprint density at radius 1 is 1.48 bits per heavy atom. The minimum absolute atomic E-state index is 0.0251. The number of rotatable bonds is 4. The van der Waals surface area contributed by atoms with Gasteiger partial charge in [0.05, 0.1) is 24.9 Å². The van der Waals surface area contributed by atoms with Crippen molar-refractivity contribution < 1.29 is 14.1 Å². The molecule has 3 aromatic heterocycles. The van der Waals surface area contributed by atoms with Gasteiger partial charge in [0.2, 0.25) is 0 Å². The molecule has 25 heavy (non-hydrogen) atoms. The van der Waals surface area contributed by atoms with Gasteiger partial charge >= 0.3 is 0 Å². The fourth-order valence-corrected chi connectivity index (χ4v) is 3.63. The van der Waals surface area contributed by atoms with Gasteiger partial charge in [-0.15, -0.1) is 11.3 Å². The summed E-state index contributed by atoms with van der Waals surface area (Å²) >= 11 is 1.34. The summed E-state index contributed by atoms with van der Waals surface area (Å²) in [5.74, 6) is 0.387. The molecule has 0 bridgehead atoms. The van der Waals surface area contributed by atoms with E-state index < -0.39 is 5.91 Å². The number of nitrogens with zero attached hydrogens (tertiary/aromatic N) is 3. The first kappa shape index (κ1) is 16.0. The average molecular weight is 360 g/mol. The Morgan fingerprint density at radius 3 is 3.16 bits per heavy atom. The van der Waals surface area contributed by atoms with Crippen LogP contribution in [-0.2, 0) is 11.2 Å². The Bertz CT molecular complexity index is 976.